The Balaban J connectivity index is 1.77. The molecule has 6 nitrogen and oxygen atoms in total. The van der Waals surface area contributed by atoms with E-state index < -0.39 is 6.10 Å². The van der Waals surface area contributed by atoms with E-state index in [0.29, 0.717) is 28.5 Å². The summed E-state index contributed by atoms with van der Waals surface area (Å²) in [6.07, 6.45) is -0.726. The highest BCUT2D eigenvalue weighted by atomic mass is 16.5. The van der Waals surface area contributed by atoms with Gasteiger partial charge in [0.25, 0.3) is 5.91 Å². The van der Waals surface area contributed by atoms with Crippen molar-refractivity contribution in [2.24, 2.45) is 0 Å². The van der Waals surface area contributed by atoms with Crippen LogP contribution in [0.2, 0.25) is 0 Å². The van der Waals surface area contributed by atoms with Gasteiger partial charge in [-0.2, -0.15) is 0 Å². The van der Waals surface area contributed by atoms with Gasteiger partial charge < -0.3 is 24.6 Å². The van der Waals surface area contributed by atoms with Crippen molar-refractivity contribution in [2.75, 3.05) is 26.6 Å². The highest BCUT2D eigenvalue weighted by Gasteiger charge is 2.17. The summed E-state index contributed by atoms with van der Waals surface area (Å²) in [5.74, 6) is 0.906. The lowest BCUT2D eigenvalue weighted by molar-refractivity contribution is 0.102. The van der Waals surface area contributed by atoms with Crippen LogP contribution in [0.4, 0.5) is 5.69 Å². The van der Waals surface area contributed by atoms with E-state index in [1.807, 2.05) is 30.3 Å². The summed E-state index contributed by atoms with van der Waals surface area (Å²) in [4.78, 5) is 12.7. The van der Waals surface area contributed by atoms with Crippen molar-refractivity contribution in [3.63, 3.8) is 0 Å². The maximum absolute atomic E-state index is 12.7. The van der Waals surface area contributed by atoms with E-state index >= 15 is 0 Å². The largest absolute Gasteiger partial charge is 0.493 e. The molecule has 0 aromatic heterocycles. The van der Waals surface area contributed by atoms with Crippen molar-refractivity contribution in [1.29, 1.82) is 0 Å². The van der Waals surface area contributed by atoms with Crippen LogP contribution in [0.1, 0.15) is 27.6 Å². The van der Waals surface area contributed by atoms with E-state index in [0.717, 1.165) is 11.1 Å². The van der Waals surface area contributed by atoms with Crippen LogP contribution >= 0.6 is 0 Å². The minimum atomic E-state index is -0.726. The summed E-state index contributed by atoms with van der Waals surface area (Å²) in [6, 6.07) is 19.6. The van der Waals surface area contributed by atoms with Crippen molar-refractivity contribution in [2.45, 2.75) is 6.10 Å². The van der Waals surface area contributed by atoms with E-state index in [2.05, 4.69) is 5.32 Å². The number of anilines is 1. The van der Waals surface area contributed by atoms with Gasteiger partial charge in [-0.05, 0) is 35.4 Å². The molecule has 3 aromatic rings. The number of rotatable bonds is 7. The van der Waals surface area contributed by atoms with Gasteiger partial charge in [-0.25, -0.2) is 0 Å². The molecule has 3 aromatic carbocycles. The van der Waals surface area contributed by atoms with Crippen LogP contribution in [-0.2, 0) is 0 Å². The lowest BCUT2D eigenvalue weighted by Gasteiger charge is -2.15. The molecule has 0 saturated heterocycles. The Morgan fingerprint density at radius 2 is 1.38 bits per heavy atom. The van der Waals surface area contributed by atoms with Crippen LogP contribution in [0.25, 0.3) is 0 Å². The highest BCUT2D eigenvalue weighted by Crippen LogP contribution is 2.38. The molecule has 0 aliphatic heterocycles. The minimum Gasteiger partial charge on any atom is -0.493 e. The van der Waals surface area contributed by atoms with Gasteiger partial charge in [0.1, 0.15) is 6.10 Å². The number of aliphatic hydroxyl groups is 1. The molecule has 29 heavy (non-hydrogen) atoms. The van der Waals surface area contributed by atoms with E-state index in [-0.39, 0.29) is 5.91 Å². The van der Waals surface area contributed by atoms with Gasteiger partial charge in [-0.1, -0.05) is 42.5 Å². The molecule has 2 N–H and O–H groups in total. The number of carbonyl (C=O) groups excluding carboxylic acids is 1. The molecule has 0 heterocycles. The fourth-order valence-corrected chi connectivity index (χ4v) is 2.99. The Labute approximate surface area is 169 Å². The van der Waals surface area contributed by atoms with Gasteiger partial charge in [-0.3, -0.25) is 4.79 Å². The van der Waals surface area contributed by atoms with Crippen LogP contribution in [0, 0.1) is 0 Å². The summed E-state index contributed by atoms with van der Waals surface area (Å²) in [7, 11) is 4.50. The second-order valence-corrected chi connectivity index (χ2v) is 6.30. The Morgan fingerprint density at radius 1 is 0.828 bits per heavy atom. The van der Waals surface area contributed by atoms with Crippen molar-refractivity contribution < 1.29 is 24.1 Å². The second-order valence-electron chi connectivity index (χ2n) is 6.30. The third-order valence-corrected chi connectivity index (χ3v) is 4.53. The zero-order chi connectivity index (χ0) is 20.8. The summed E-state index contributed by atoms with van der Waals surface area (Å²) >= 11 is 0. The Morgan fingerprint density at radius 3 is 1.90 bits per heavy atom. The SMILES string of the molecule is COc1cc(C(=O)Nc2ccc(C(O)c3ccccc3)cc2)cc(OC)c1OC. The van der Waals surface area contributed by atoms with Crippen LogP contribution in [0.15, 0.2) is 66.7 Å². The molecule has 0 aliphatic rings. The first-order valence-electron chi connectivity index (χ1n) is 9.01. The third kappa shape index (κ3) is 4.50. The van der Waals surface area contributed by atoms with E-state index in [1.165, 1.54) is 21.3 Å². The predicted octanol–water partition coefficient (Wildman–Crippen LogP) is 4.05. The quantitative estimate of drug-likeness (QED) is 0.633. The summed E-state index contributed by atoms with van der Waals surface area (Å²) < 4.78 is 15.9. The lowest BCUT2D eigenvalue weighted by atomic mass is 10.0. The predicted molar refractivity (Wildman–Crippen MR) is 111 cm³/mol. The standard InChI is InChI=1S/C23H23NO5/c1-27-19-13-17(14-20(28-2)22(19)29-3)23(26)24-18-11-9-16(10-12-18)21(25)15-7-5-4-6-8-15/h4-14,21,25H,1-3H3,(H,24,26). The Bertz CT molecular complexity index is 945. The first-order valence-corrected chi connectivity index (χ1v) is 9.01. The average molecular weight is 393 g/mol. The molecule has 0 saturated carbocycles. The van der Waals surface area contributed by atoms with Gasteiger partial charge in [-0.15, -0.1) is 0 Å². The Kier molecular flexibility index (Phi) is 6.36. The number of aliphatic hydroxyl groups excluding tert-OH is 1. The van der Waals surface area contributed by atoms with Crippen molar-refractivity contribution in [3.05, 3.63) is 83.4 Å². The molecule has 0 fully saturated rings. The van der Waals surface area contributed by atoms with Gasteiger partial charge in [0.05, 0.1) is 21.3 Å². The molecule has 3 rings (SSSR count). The fraction of sp³-hybridized carbons (Fsp3) is 0.174. The average Bonchev–Trinajstić information content (AvgIpc) is 2.78. The van der Waals surface area contributed by atoms with Crippen LogP contribution in [0.3, 0.4) is 0 Å². The topological polar surface area (TPSA) is 77.0 Å². The molecule has 1 unspecified atom stereocenters. The Hall–Kier alpha value is -3.51. The number of benzene rings is 3. The van der Waals surface area contributed by atoms with Gasteiger partial charge in [0.15, 0.2) is 11.5 Å². The normalized spacial score (nSPS) is 11.4. The number of amides is 1. The van der Waals surface area contributed by atoms with Gasteiger partial charge in [0, 0.05) is 11.3 Å². The molecule has 150 valence electrons. The summed E-state index contributed by atoms with van der Waals surface area (Å²) in [5, 5.41) is 13.3. The second kappa shape index (κ2) is 9.12. The maximum Gasteiger partial charge on any atom is 0.255 e. The molecular formula is C23H23NO5. The van der Waals surface area contributed by atoms with Gasteiger partial charge >= 0.3 is 0 Å². The van der Waals surface area contributed by atoms with Crippen molar-refractivity contribution >= 4 is 11.6 Å². The first-order chi connectivity index (χ1) is 14.1. The number of nitrogens with one attached hydrogen (secondary N) is 1. The number of methoxy groups -OCH3 is 3. The molecule has 0 radical (unpaired) electrons. The lowest BCUT2D eigenvalue weighted by Crippen LogP contribution is -2.12. The zero-order valence-electron chi connectivity index (χ0n) is 16.5. The minimum absolute atomic E-state index is 0.319. The van der Waals surface area contributed by atoms with E-state index in [4.69, 9.17) is 14.2 Å². The van der Waals surface area contributed by atoms with Gasteiger partial charge in [0.2, 0.25) is 5.75 Å². The number of ether oxygens (including phenoxy) is 3. The number of hydrogen-bond acceptors (Lipinski definition) is 5. The molecular weight excluding hydrogens is 370 g/mol. The maximum atomic E-state index is 12.7. The summed E-state index contributed by atoms with van der Waals surface area (Å²) in [5.41, 5.74) is 2.52. The van der Waals surface area contributed by atoms with Crippen molar-refractivity contribution in [1.82, 2.24) is 0 Å². The first kappa shape index (κ1) is 20.2. The van der Waals surface area contributed by atoms with E-state index in [9.17, 15) is 9.90 Å². The number of carbonyl (C=O) groups is 1. The smallest absolute Gasteiger partial charge is 0.255 e. The van der Waals surface area contributed by atoms with E-state index in [1.54, 1.807) is 36.4 Å². The highest BCUT2D eigenvalue weighted by molar-refractivity contribution is 6.05. The molecule has 0 aliphatic carbocycles. The van der Waals surface area contributed by atoms with Crippen LogP contribution < -0.4 is 19.5 Å². The van der Waals surface area contributed by atoms with Crippen LogP contribution in [0.5, 0.6) is 17.2 Å². The van der Waals surface area contributed by atoms with Crippen molar-refractivity contribution in [3.8, 4) is 17.2 Å². The molecule has 6 heteroatoms. The summed E-state index contributed by atoms with van der Waals surface area (Å²) in [6.45, 7) is 0. The number of hydrogen-bond donors (Lipinski definition) is 2. The monoisotopic (exact) mass is 393 g/mol. The molecule has 0 bridgehead atoms. The molecule has 1 atom stereocenters. The molecule has 0 spiro atoms. The molecule has 1 amide bonds. The van der Waals surface area contributed by atoms with Crippen LogP contribution in [-0.4, -0.2) is 32.3 Å². The zero-order valence-corrected chi connectivity index (χ0v) is 16.5. The third-order valence-electron chi connectivity index (χ3n) is 4.53. The fourth-order valence-electron chi connectivity index (χ4n) is 2.99.